The molecule has 1 aliphatic heterocycles. The zero-order valence-corrected chi connectivity index (χ0v) is 4.87. The molecule has 2 fully saturated rings. The Morgan fingerprint density at radius 1 is 1.62 bits per heavy atom. The standard InChI is InChI=1S/C6H10O2/c1-3-4-2-8-6(7)5(3)4/h3-7H,2H2,1H3/t3-,4+,5-,6?/m0/s1. The molecule has 4 atom stereocenters. The average Bonchev–Trinajstić information content (AvgIpc) is 2.13. The van der Waals surface area contributed by atoms with E-state index in [0.29, 0.717) is 11.8 Å². The number of rotatable bonds is 0. The van der Waals surface area contributed by atoms with Gasteiger partial charge in [0.1, 0.15) is 0 Å². The molecule has 0 aromatic heterocycles. The summed E-state index contributed by atoms with van der Waals surface area (Å²) in [5, 5.41) is 8.99. The Hall–Kier alpha value is -0.0800. The van der Waals surface area contributed by atoms with Gasteiger partial charge in [-0.15, -0.1) is 0 Å². The molecule has 1 aliphatic carbocycles. The van der Waals surface area contributed by atoms with Gasteiger partial charge in [-0.05, 0) is 11.8 Å². The molecule has 2 aliphatic rings. The first-order chi connectivity index (χ1) is 3.80. The zero-order valence-electron chi connectivity index (χ0n) is 4.87. The van der Waals surface area contributed by atoms with E-state index < -0.39 is 6.29 Å². The highest BCUT2D eigenvalue weighted by Gasteiger charge is 2.56. The molecule has 0 spiro atoms. The summed E-state index contributed by atoms with van der Waals surface area (Å²) in [6.45, 7) is 2.95. The number of ether oxygens (including phenoxy) is 1. The van der Waals surface area contributed by atoms with Crippen LogP contribution in [-0.4, -0.2) is 18.0 Å². The Bertz CT molecular complexity index is 111. The van der Waals surface area contributed by atoms with E-state index in [-0.39, 0.29) is 0 Å². The number of fused-ring (bicyclic) bond motifs is 1. The van der Waals surface area contributed by atoms with Gasteiger partial charge in [0.05, 0.1) is 6.61 Å². The molecule has 8 heavy (non-hydrogen) atoms. The van der Waals surface area contributed by atoms with Crippen LogP contribution < -0.4 is 0 Å². The first-order valence-corrected chi connectivity index (χ1v) is 3.10. The van der Waals surface area contributed by atoms with Crippen molar-refractivity contribution in [2.24, 2.45) is 17.8 Å². The largest absolute Gasteiger partial charge is 0.368 e. The SMILES string of the molecule is C[C@H]1[C@H]2COC(O)[C@@H]12. The Labute approximate surface area is 48.5 Å². The number of aliphatic hydroxyl groups excluding tert-OH is 1. The van der Waals surface area contributed by atoms with Crippen LogP contribution in [0.1, 0.15) is 6.92 Å². The summed E-state index contributed by atoms with van der Waals surface area (Å²) in [4.78, 5) is 0. The Morgan fingerprint density at radius 3 is 2.62 bits per heavy atom. The van der Waals surface area contributed by atoms with Crippen molar-refractivity contribution in [2.75, 3.05) is 6.61 Å². The van der Waals surface area contributed by atoms with Gasteiger partial charge in [0.15, 0.2) is 6.29 Å². The fraction of sp³-hybridized carbons (Fsp3) is 1.00. The third-order valence-electron chi connectivity index (χ3n) is 2.42. The second-order valence-corrected chi connectivity index (χ2v) is 2.82. The summed E-state index contributed by atoms with van der Waals surface area (Å²) in [5.74, 6) is 1.89. The number of aliphatic hydroxyl groups is 1. The lowest BCUT2D eigenvalue weighted by molar-refractivity contribution is -0.0877. The third-order valence-corrected chi connectivity index (χ3v) is 2.42. The van der Waals surface area contributed by atoms with Crippen LogP contribution in [0.15, 0.2) is 0 Å². The highest BCUT2D eigenvalue weighted by atomic mass is 16.6. The quantitative estimate of drug-likeness (QED) is 0.488. The monoisotopic (exact) mass is 114 g/mol. The number of hydrogen-bond donors (Lipinski definition) is 1. The van der Waals surface area contributed by atoms with Crippen LogP contribution in [0.2, 0.25) is 0 Å². The van der Waals surface area contributed by atoms with Gasteiger partial charge in [-0.1, -0.05) is 6.92 Å². The first kappa shape index (κ1) is 4.77. The molecule has 0 aromatic rings. The highest BCUT2D eigenvalue weighted by molar-refractivity contribution is 4.99. The molecule has 1 saturated heterocycles. The maximum absolute atomic E-state index is 8.99. The van der Waals surface area contributed by atoms with Gasteiger partial charge in [-0.2, -0.15) is 0 Å². The Balaban J connectivity index is 2.07. The van der Waals surface area contributed by atoms with Crippen molar-refractivity contribution in [3.63, 3.8) is 0 Å². The lowest BCUT2D eigenvalue weighted by Crippen LogP contribution is -2.10. The summed E-state index contributed by atoms with van der Waals surface area (Å²) in [7, 11) is 0. The minimum atomic E-state index is -0.435. The highest BCUT2D eigenvalue weighted by Crippen LogP contribution is 2.52. The normalized spacial score (nSPS) is 60.8. The van der Waals surface area contributed by atoms with Gasteiger partial charge in [0, 0.05) is 5.92 Å². The van der Waals surface area contributed by atoms with Crippen molar-refractivity contribution in [1.29, 1.82) is 0 Å². The molecule has 1 unspecified atom stereocenters. The molecular formula is C6H10O2. The minimum Gasteiger partial charge on any atom is -0.368 e. The molecule has 1 heterocycles. The van der Waals surface area contributed by atoms with Crippen LogP contribution in [0.5, 0.6) is 0 Å². The van der Waals surface area contributed by atoms with Crippen molar-refractivity contribution in [1.82, 2.24) is 0 Å². The van der Waals surface area contributed by atoms with E-state index in [0.717, 1.165) is 12.5 Å². The lowest BCUT2D eigenvalue weighted by atomic mass is 10.3. The smallest absolute Gasteiger partial charge is 0.157 e. The maximum atomic E-state index is 8.99. The van der Waals surface area contributed by atoms with Crippen molar-refractivity contribution < 1.29 is 9.84 Å². The Kier molecular flexibility index (Phi) is 0.746. The van der Waals surface area contributed by atoms with E-state index in [2.05, 4.69) is 6.92 Å². The van der Waals surface area contributed by atoms with Crippen LogP contribution in [-0.2, 0) is 4.74 Å². The summed E-state index contributed by atoms with van der Waals surface area (Å²) >= 11 is 0. The van der Waals surface area contributed by atoms with E-state index in [1.807, 2.05) is 0 Å². The van der Waals surface area contributed by atoms with Gasteiger partial charge < -0.3 is 9.84 Å². The summed E-state index contributed by atoms with van der Waals surface area (Å²) in [6.07, 6.45) is -0.435. The molecule has 2 nitrogen and oxygen atoms in total. The van der Waals surface area contributed by atoms with E-state index in [9.17, 15) is 0 Å². The Morgan fingerprint density at radius 2 is 2.38 bits per heavy atom. The fourth-order valence-electron chi connectivity index (χ4n) is 1.63. The van der Waals surface area contributed by atoms with Crippen LogP contribution in [0.3, 0.4) is 0 Å². The van der Waals surface area contributed by atoms with E-state index in [1.165, 1.54) is 0 Å². The second kappa shape index (κ2) is 1.25. The van der Waals surface area contributed by atoms with Crippen LogP contribution in [0, 0.1) is 17.8 Å². The van der Waals surface area contributed by atoms with Crippen molar-refractivity contribution in [2.45, 2.75) is 13.2 Å². The first-order valence-electron chi connectivity index (χ1n) is 3.10. The third kappa shape index (κ3) is 0.400. The van der Waals surface area contributed by atoms with Crippen LogP contribution >= 0.6 is 0 Å². The molecule has 2 rings (SSSR count). The summed E-state index contributed by atoms with van der Waals surface area (Å²) < 4.78 is 4.94. The van der Waals surface area contributed by atoms with Gasteiger partial charge in [0.25, 0.3) is 0 Å². The minimum absolute atomic E-state index is 0.435. The topological polar surface area (TPSA) is 29.5 Å². The summed E-state index contributed by atoms with van der Waals surface area (Å²) in [6, 6.07) is 0. The van der Waals surface area contributed by atoms with Crippen LogP contribution in [0.4, 0.5) is 0 Å². The van der Waals surface area contributed by atoms with Gasteiger partial charge in [0.2, 0.25) is 0 Å². The van der Waals surface area contributed by atoms with Crippen molar-refractivity contribution >= 4 is 0 Å². The maximum Gasteiger partial charge on any atom is 0.157 e. The van der Waals surface area contributed by atoms with Crippen LogP contribution in [0.25, 0.3) is 0 Å². The van der Waals surface area contributed by atoms with Crippen molar-refractivity contribution in [3.8, 4) is 0 Å². The second-order valence-electron chi connectivity index (χ2n) is 2.82. The van der Waals surface area contributed by atoms with E-state index in [4.69, 9.17) is 9.84 Å². The van der Waals surface area contributed by atoms with Gasteiger partial charge in [-0.25, -0.2) is 0 Å². The molecule has 0 amide bonds. The van der Waals surface area contributed by atoms with Gasteiger partial charge in [-0.3, -0.25) is 0 Å². The molecule has 1 N–H and O–H groups in total. The molecule has 46 valence electrons. The van der Waals surface area contributed by atoms with Gasteiger partial charge >= 0.3 is 0 Å². The van der Waals surface area contributed by atoms with Crippen molar-refractivity contribution in [3.05, 3.63) is 0 Å². The predicted molar refractivity (Wildman–Crippen MR) is 28.1 cm³/mol. The predicted octanol–water partition coefficient (Wildman–Crippen LogP) is 0.217. The van der Waals surface area contributed by atoms with E-state index >= 15 is 0 Å². The molecule has 0 aromatic carbocycles. The average molecular weight is 114 g/mol. The fourth-order valence-corrected chi connectivity index (χ4v) is 1.63. The molecule has 1 saturated carbocycles. The summed E-state index contributed by atoms with van der Waals surface area (Å²) in [5.41, 5.74) is 0. The number of hydrogen-bond acceptors (Lipinski definition) is 2. The zero-order chi connectivity index (χ0) is 5.72. The van der Waals surface area contributed by atoms with E-state index in [1.54, 1.807) is 0 Å². The molecule has 0 bridgehead atoms. The molecule has 0 radical (unpaired) electrons. The molecule has 2 heteroatoms. The lowest BCUT2D eigenvalue weighted by Gasteiger charge is -2.03. The molecular weight excluding hydrogens is 104 g/mol.